The quantitative estimate of drug-likeness (QED) is 0.421. The number of anilines is 1. The second kappa shape index (κ2) is 9.06. The van der Waals surface area contributed by atoms with E-state index >= 15 is 0 Å². The number of aromatic nitrogens is 3. The number of aliphatic hydroxyl groups excluding tert-OH is 1. The Hall–Kier alpha value is -2.15. The number of nitrogen functional groups attached to an aromatic ring is 1. The van der Waals surface area contributed by atoms with Crippen LogP contribution in [0.1, 0.15) is 31.2 Å². The fourth-order valence-corrected chi connectivity index (χ4v) is 5.82. The third-order valence-corrected chi connectivity index (χ3v) is 7.91. The van der Waals surface area contributed by atoms with Crippen molar-refractivity contribution >= 4 is 36.3 Å². The van der Waals surface area contributed by atoms with Crippen molar-refractivity contribution in [1.29, 1.82) is 0 Å². The minimum Gasteiger partial charge on any atom is -0.387 e. The topological polar surface area (TPSA) is 151 Å². The van der Waals surface area contributed by atoms with Gasteiger partial charge in [-0.25, -0.2) is 18.9 Å². The van der Waals surface area contributed by atoms with E-state index in [1.54, 1.807) is 12.3 Å². The van der Waals surface area contributed by atoms with Gasteiger partial charge in [-0.05, 0) is 30.7 Å². The molecule has 4 heterocycles. The molecule has 4 N–H and O–H groups in total. The Morgan fingerprint density at radius 1 is 1.40 bits per heavy atom. The number of benzene rings is 1. The standard InChI is InChI=1S/C21H23ClFN4O7P/c1-21(29)17(28)16(33-20(21)27-6-4-12-18(24)25-10-26-19(12)27)9-32-35(30)31-7-5-15(34-35)11-2-3-14(23)13(22)8-11/h2-4,6,8,10,15-17,20,28-29H,5,7,9H2,1H3,(H2,24,25,26)/t15-,16-,17-,20-,21-,35?/m1/s1. The van der Waals surface area contributed by atoms with Crippen LogP contribution in [0.25, 0.3) is 11.0 Å². The lowest BCUT2D eigenvalue weighted by Gasteiger charge is -2.30. The second-order valence-electron chi connectivity index (χ2n) is 8.55. The van der Waals surface area contributed by atoms with Crippen molar-refractivity contribution < 1.29 is 37.5 Å². The van der Waals surface area contributed by atoms with Crippen LogP contribution >= 0.6 is 19.4 Å². The number of rotatable bonds is 5. The fourth-order valence-electron chi connectivity index (χ4n) is 4.24. The van der Waals surface area contributed by atoms with Crippen LogP contribution in [-0.2, 0) is 22.9 Å². The zero-order valence-electron chi connectivity index (χ0n) is 18.5. The number of ether oxygens (including phenoxy) is 1. The highest BCUT2D eigenvalue weighted by Gasteiger charge is 2.54. The molecule has 3 aromatic rings. The first-order valence-electron chi connectivity index (χ1n) is 10.7. The first-order valence-corrected chi connectivity index (χ1v) is 12.6. The molecule has 188 valence electrons. The van der Waals surface area contributed by atoms with E-state index in [1.165, 1.54) is 36.0 Å². The normalized spacial score (nSPS) is 33.4. The van der Waals surface area contributed by atoms with Gasteiger partial charge in [0.05, 0.1) is 29.7 Å². The number of phosphoric acid groups is 1. The Labute approximate surface area is 204 Å². The first kappa shape index (κ1) is 24.5. The minimum absolute atomic E-state index is 0.0574. The van der Waals surface area contributed by atoms with Gasteiger partial charge in [0.2, 0.25) is 0 Å². The Morgan fingerprint density at radius 2 is 2.20 bits per heavy atom. The molecule has 2 aromatic heterocycles. The zero-order valence-corrected chi connectivity index (χ0v) is 20.1. The molecule has 0 radical (unpaired) electrons. The van der Waals surface area contributed by atoms with Crippen LogP contribution in [0.15, 0.2) is 36.8 Å². The van der Waals surface area contributed by atoms with E-state index in [2.05, 4.69) is 9.97 Å². The number of aliphatic hydroxyl groups is 2. The predicted molar refractivity (Wildman–Crippen MR) is 122 cm³/mol. The van der Waals surface area contributed by atoms with Crippen molar-refractivity contribution in [3.63, 3.8) is 0 Å². The van der Waals surface area contributed by atoms with Crippen molar-refractivity contribution in [3.8, 4) is 0 Å². The van der Waals surface area contributed by atoms with Gasteiger partial charge in [-0.1, -0.05) is 17.7 Å². The molecule has 1 unspecified atom stereocenters. The van der Waals surface area contributed by atoms with Gasteiger partial charge in [-0.15, -0.1) is 0 Å². The van der Waals surface area contributed by atoms with E-state index in [0.29, 0.717) is 23.0 Å². The molecule has 0 aliphatic carbocycles. The van der Waals surface area contributed by atoms with Crippen LogP contribution < -0.4 is 5.73 Å². The molecule has 35 heavy (non-hydrogen) atoms. The monoisotopic (exact) mass is 528 g/mol. The van der Waals surface area contributed by atoms with Gasteiger partial charge < -0.3 is 25.3 Å². The summed E-state index contributed by atoms with van der Waals surface area (Å²) in [5, 5.41) is 22.3. The largest absolute Gasteiger partial charge is 0.475 e. The zero-order chi connectivity index (χ0) is 25.0. The van der Waals surface area contributed by atoms with Gasteiger partial charge in [0, 0.05) is 12.6 Å². The number of halogens is 2. The lowest BCUT2D eigenvalue weighted by atomic mass is 9.96. The van der Waals surface area contributed by atoms with Crippen LogP contribution in [0.4, 0.5) is 10.2 Å². The molecule has 2 aliphatic heterocycles. The van der Waals surface area contributed by atoms with Crippen molar-refractivity contribution in [2.45, 2.75) is 43.5 Å². The Kier molecular flexibility index (Phi) is 6.35. The molecule has 1 aromatic carbocycles. The molecule has 6 atom stereocenters. The van der Waals surface area contributed by atoms with E-state index in [1.807, 2.05) is 0 Å². The number of nitrogens with zero attached hydrogens (tertiary/aromatic N) is 3. The van der Waals surface area contributed by atoms with E-state index in [9.17, 15) is 19.2 Å². The summed E-state index contributed by atoms with van der Waals surface area (Å²) in [6.07, 6.45) is -1.00. The van der Waals surface area contributed by atoms with Gasteiger partial charge in [-0.3, -0.25) is 13.6 Å². The van der Waals surface area contributed by atoms with Crippen LogP contribution in [0.3, 0.4) is 0 Å². The summed E-state index contributed by atoms with van der Waals surface area (Å²) < 4.78 is 50.3. The van der Waals surface area contributed by atoms with Crippen molar-refractivity contribution in [2.75, 3.05) is 18.9 Å². The molecule has 0 spiro atoms. The lowest BCUT2D eigenvalue weighted by molar-refractivity contribution is -0.0950. The van der Waals surface area contributed by atoms with E-state index in [4.69, 9.17) is 35.6 Å². The molecule has 2 saturated heterocycles. The lowest BCUT2D eigenvalue weighted by Crippen LogP contribution is -2.44. The predicted octanol–water partition coefficient (Wildman–Crippen LogP) is 3.12. The Balaban J connectivity index is 1.30. The summed E-state index contributed by atoms with van der Waals surface area (Å²) in [7, 11) is -4.06. The summed E-state index contributed by atoms with van der Waals surface area (Å²) in [6.45, 7) is 1.06. The maximum Gasteiger partial charge on any atom is 0.475 e. The third-order valence-electron chi connectivity index (χ3n) is 6.15. The van der Waals surface area contributed by atoms with Crippen molar-refractivity contribution in [2.24, 2.45) is 0 Å². The number of hydrogen-bond donors (Lipinski definition) is 3. The fraction of sp³-hybridized carbons (Fsp3) is 0.429. The number of hydrogen-bond acceptors (Lipinski definition) is 10. The molecule has 2 aliphatic rings. The molecule has 5 rings (SSSR count). The summed E-state index contributed by atoms with van der Waals surface area (Å²) in [5.41, 5.74) is 5.05. The maximum atomic E-state index is 13.5. The average molecular weight is 529 g/mol. The molecule has 0 bridgehead atoms. The highest BCUT2D eigenvalue weighted by atomic mass is 35.5. The van der Waals surface area contributed by atoms with Gasteiger partial charge in [0.25, 0.3) is 0 Å². The van der Waals surface area contributed by atoms with Gasteiger partial charge in [0.15, 0.2) is 6.23 Å². The second-order valence-corrected chi connectivity index (χ2v) is 10.6. The number of phosphoric ester groups is 1. The molecule has 2 fully saturated rings. The van der Waals surface area contributed by atoms with E-state index < -0.39 is 50.4 Å². The molecule has 11 nitrogen and oxygen atoms in total. The average Bonchev–Trinajstić information content (AvgIpc) is 3.34. The Morgan fingerprint density at radius 3 is 2.97 bits per heavy atom. The summed E-state index contributed by atoms with van der Waals surface area (Å²) in [5.74, 6) is -0.325. The summed E-state index contributed by atoms with van der Waals surface area (Å²) in [6, 6.07) is 5.73. The van der Waals surface area contributed by atoms with E-state index in [0.717, 1.165) is 0 Å². The Bertz CT molecular complexity index is 1310. The van der Waals surface area contributed by atoms with Crippen LogP contribution in [0.2, 0.25) is 5.02 Å². The third kappa shape index (κ3) is 4.45. The van der Waals surface area contributed by atoms with E-state index in [-0.39, 0.29) is 17.4 Å². The van der Waals surface area contributed by atoms with Crippen molar-refractivity contribution in [3.05, 3.63) is 53.2 Å². The molecular formula is C21H23ClFN4O7P. The van der Waals surface area contributed by atoms with Crippen LogP contribution in [0.5, 0.6) is 0 Å². The molecule has 0 amide bonds. The highest BCUT2D eigenvalue weighted by molar-refractivity contribution is 7.48. The van der Waals surface area contributed by atoms with Gasteiger partial charge in [-0.2, -0.15) is 0 Å². The van der Waals surface area contributed by atoms with Gasteiger partial charge in [0.1, 0.15) is 41.4 Å². The summed E-state index contributed by atoms with van der Waals surface area (Å²) >= 11 is 5.85. The maximum absolute atomic E-state index is 13.5. The van der Waals surface area contributed by atoms with Crippen molar-refractivity contribution in [1.82, 2.24) is 14.5 Å². The molecule has 0 saturated carbocycles. The van der Waals surface area contributed by atoms with Gasteiger partial charge >= 0.3 is 7.82 Å². The summed E-state index contributed by atoms with van der Waals surface area (Å²) in [4.78, 5) is 8.13. The molecule has 14 heteroatoms. The smallest absolute Gasteiger partial charge is 0.387 e. The number of nitrogens with two attached hydrogens (primary N) is 1. The first-order chi connectivity index (χ1) is 16.6. The minimum atomic E-state index is -4.06. The van der Waals surface area contributed by atoms with Crippen LogP contribution in [0, 0.1) is 5.82 Å². The highest BCUT2D eigenvalue weighted by Crippen LogP contribution is 2.57. The van der Waals surface area contributed by atoms with Crippen LogP contribution in [-0.4, -0.2) is 55.8 Å². The number of fused-ring (bicyclic) bond motifs is 1. The molecular weight excluding hydrogens is 506 g/mol. The SMILES string of the molecule is C[C@@]1(O)[C@H](O)[C@@H](COP2(=O)OCC[C@H](c3ccc(F)c(Cl)c3)O2)O[C@H]1n1ccc2c(N)ncnc21.